The molecule has 3 heteroatoms. The number of halogens is 1. The maximum absolute atomic E-state index is 11.0. The first kappa shape index (κ1) is 12.8. The Morgan fingerprint density at radius 2 is 1.78 bits per heavy atom. The van der Waals surface area contributed by atoms with Crippen LogP contribution in [-0.2, 0) is 0 Å². The van der Waals surface area contributed by atoms with E-state index in [1.54, 1.807) is 6.07 Å². The highest BCUT2D eigenvalue weighted by molar-refractivity contribution is 9.10. The van der Waals surface area contributed by atoms with Gasteiger partial charge >= 0.3 is 0 Å². The Labute approximate surface area is 115 Å². The molecule has 0 bridgehead atoms. The van der Waals surface area contributed by atoms with Crippen LogP contribution in [0.4, 0.5) is 0 Å². The Balaban J connectivity index is 2.25. The van der Waals surface area contributed by atoms with Gasteiger partial charge < -0.3 is 4.74 Å². The van der Waals surface area contributed by atoms with Crippen molar-refractivity contribution < 1.29 is 9.53 Å². The van der Waals surface area contributed by atoms with Crippen molar-refractivity contribution in [3.8, 4) is 5.75 Å². The van der Waals surface area contributed by atoms with Crippen molar-refractivity contribution in [3.63, 3.8) is 0 Å². The van der Waals surface area contributed by atoms with Gasteiger partial charge in [0.05, 0.1) is 4.47 Å². The zero-order valence-electron chi connectivity index (χ0n) is 9.97. The monoisotopic (exact) mass is 304 g/mol. The fourth-order valence-electron chi connectivity index (χ4n) is 1.78. The van der Waals surface area contributed by atoms with Crippen LogP contribution in [0.1, 0.15) is 28.9 Å². The molecule has 0 fully saturated rings. The molecular formula is C15H13BrO2. The minimum atomic E-state index is -0.176. The van der Waals surface area contributed by atoms with Gasteiger partial charge in [0.2, 0.25) is 0 Å². The molecule has 0 spiro atoms. The van der Waals surface area contributed by atoms with E-state index >= 15 is 0 Å². The second-order valence-corrected chi connectivity index (χ2v) is 4.79. The molecule has 0 aliphatic rings. The largest absolute Gasteiger partial charge is 0.485 e. The predicted octanol–water partition coefficient (Wildman–Crippen LogP) is 4.40. The van der Waals surface area contributed by atoms with Crippen LogP contribution in [-0.4, -0.2) is 6.29 Å². The molecule has 18 heavy (non-hydrogen) atoms. The van der Waals surface area contributed by atoms with Gasteiger partial charge in [-0.2, -0.15) is 0 Å². The normalized spacial score (nSPS) is 11.9. The molecule has 2 rings (SSSR count). The topological polar surface area (TPSA) is 26.3 Å². The van der Waals surface area contributed by atoms with E-state index < -0.39 is 0 Å². The summed E-state index contributed by atoms with van der Waals surface area (Å²) < 4.78 is 6.77. The Kier molecular flexibility index (Phi) is 4.15. The molecule has 0 heterocycles. The van der Waals surface area contributed by atoms with Gasteiger partial charge in [-0.3, -0.25) is 4.79 Å². The fraction of sp³-hybridized carbons (Fsp3) is 0.133. The number of carbonyl (C=O) groups is 1. The Bertz CT molecular complexity index is 552. The summed E-state index contributed by atoms with van der Waals surface area (Å²) in [6.45, 7) is 1.93. The van der Waals surface area contributed by atoms with E-state index in [-0.39, 0.29) is 6.10 Å². The number of carbonyl (C=O) groups excluding carboxylic acids is 1. The van der Waals surface area contributed by atoms with Crippen molar-refractivity contribution in [3.05, 3.63) is 64.1 Å². The Hall–Kier alpha value is -1.61. The first-order chi connectivity index (χ1) is 8.72. The van der Waals surface area contributed by atoms with Gasteiger partial charge in [0.15, 0.2) is 0 Å². The van der Waals surface area contributed by atoms with Gasteiger partial charge in [0.25, 0.3) is 0 Å². The lowest BCUT2D eigenvalue weighted by molar-refractivity contribution is 0.111. The number of aldehydes is 1. The highest BCUT2D eigenvalue weighted by Gasteiger charge is 2.12. The molecule has 0 aliphatic carbocycles. The zero-order chi connectivity index (χ0) is 13.0. The molecule has 2 nitrogen and oxygen atoms in total. The summed E-state index contributed by atoms with van der Waals surface area (Å²) in [5.74, 6) is 0.769. The molecule has 0 aliphatic heterocycles. The minimum absolute atomic E-state index is 0.176. The van der Waals surface area contributed by atoms with E-state index in [1.165, 1.54) is 0 Å². The molecule has 0 aromatic heterocycles. The number of ether oxygens (including phenoxy) is 1. The Morgan fingerprint density at radius 3 is 2.50 bits per heavy atom. The summed E-state index contributed by atoms with van der Waals surface area (Å²) in [6.07, 6.45) is 0.681. The van der Waals surface area contributed by atoms with Crippen LogP contribution in [0.5, 0.6) is 5.75 Å². The van der Waals surface area contributed by atoms with Gasteiger partial charge in [-0.05, 0) is 35.0 Å². The van der Waals surface area contributed by atoms with Crippen molar-refractivity contribution >= 4 is 22.2 Å². The summed E-state index contributed by atoms with van der Waals surface area (Å²) in [4.78, 5) is 11.0. The molecule has 1 unspecified atom stereocenters. The number of rotatable bonds is 4. The number of hydrogen-bond donors (Lipinski definition) is 0. The van der Waals surface area contributed by atoms with Crippen molar-refractivity contribution in [2.45, 2.75) is 13.0 Å². The van der Waals surface area contributed by atoms with Gasteiger partial charge in [0, 0.05) is 11.1 Å². The number of hydrogen-bond acceptors (Lipinski definition) is 2. The molecule has 2 aromatic rings. The smallest absolute Gasteiger partial charge is 0.150 e. The van der Waals surface area contributed by atoms with E-state index in [1.807, 2.05) is 49.4 Å². The first-order valence-electron chi connectivity index (χ1n) is 5.67. The lowest BCUT2D eigenvalue weighted by Crippen LogP contribution is -2.06. The average molecular weight is 305 g/mol. The van der Waals surface area contributed by atoms with Crippen molar-refractivity contribution in [2.24, 2.45) is 0 Å². The highest BCUT2D eigenvalue weighted by atomic mass is 79.9. The van der Waals surface area contributed by atoms with E-state index in [4.69, 9.17) is 4.74 Å². The third-order valence-electron chi connectivity index (χ3n) is 2.70. The molecule has 1 atom stereocenters. The summed E-state index contributed by atoms with van der Waals surface area (Å²) in [5, 5.41) is 0. The lowest BCUT2D eigenvalue weighted by atomic mass is 10.0. The highest BCUT2D eigenvalue weighted by Crippen LogP contribution is 2.29. The third-order valence-corrected chi connectivity index (χ3v) is 3.36. The van der Waals surface area contributed by atoms with Crippen LogP contribution >= 0.6 is 15.9 Å². The summed E-state index contributed by atoms with van der Waals surface area (Å²) >= 11 is 3.44. The summed E-state index contributed by atoms with van der Waals surface area (Å²) in [7, 11) is 0. The second kappa shape index (κ2) is 5.83. The third kappa shape index (κ3) is 2.79. The maximum atomic E-state index is 11.0. The lowest BCUT2D eigenvalue weighted by Gasteiger charge is -2.17. The summed E-state index contributed by atoms with van der Waals surface area (Å²) in [5.41, 5.74) is 1.56. The van der Waals surface area contributed by atoms with Crippen LogP contribution in [0.25, 0.3) is 0 Å². The van der Waals surface area contributed by atoms with Crippen molar-refractivity contribution in [1.82, 2.24) is 0 Å². The van der Waals surface area contributed by atoms with E-state index in [0.717, 1.165) is 22.1 Å². The average Bonchev–Trinajstić information content (AvgIpc) is 2.41. The van der Waals surface area contributed by atoms with Crippen LogP contribution in [0, 0.1) is 0 Å². The standard InChI is InChI=1S/C15H13BrO2/c1-11(13-7-3-2-6-12(13)10-17)18-15-9-5-4-8-14(15)16/h2-11H,1H3. The second-order valence-electron chi connectivity index (χ2n) is 3.94. The van der Waals surface area contributed by atoms with Crippen molar-refractivity contribution in [2.75, 3.05) is 0 Å². The quantitative estimate of drug-likeness (QED) is 0.783. The molecule has 0 radical (unpaired) electrons. The molecule has 0 amide bonds. The van der Waals surface area contributed by atoms with Crippen molar-refractivity contribution in [1.29, 1.82) is 0 Å². The minimum Gasteiger partial charge on any atom is -0.485 e. The van der Waals surface area contributed by atoms with Crippen LogP contribution < -0.4 is 4.74 Å². The summed E-state index contributed by atoms with van der Waals surface area (Å²) in [6, 6.07) is 15.1. The van der Waals surface area contributed by atoms with E-state index in [2.05, 4.69) is 15.9 Å². The van der Waals surface area contributed by atoms with Crippen LogP contribution in [0.15, 0.2) is 53.0 Å². The number of para-hydroxylation sites is 1. The van der Waals surface area contributed by atoms with E-state index in [9.17, 15) is 4.79 Å². The Morgan fingerprint density at radius 1 is 1.11 bits per heavy atom. The molecule has 0 saturated carbocycles. The molecule has 2 aromatic carbocycles. The van der Waals surface area contributed by atoms with E-state index in [0.29, 0.717) is 5.56 Å². The van der Waals surface area contributed by atoms with Gasteiger partial charge in [-0.15, -0.1) is 0 Å². The zero-order valence-corrected chi connectivity index (χ0v) is 11.6. The maximum Gasteiger partial charge on any atom is 0.150 e. The SMILES string of the molecule is CC(Oc1ccccc1Br)c1ccccc1C=O. The van der Waals surface area contributed by atoms with Gasteiger partial charge in [-0.1, -0.05) is 36.4 Å². The van der Waals surface area contributed by atoms with Crippen LogP contribution in [0.2, 0.25) is 0 Å². The van der Waals surface area contributed by atoms with Gasteiger partial charge in [-0.25, -0.2) is 0 Å². The van der Waals surface area contributed by atoms with Crippen LogP contribution in [0.3, 0.4) is 0 Å². The fourth-order valence-corrected chi connectivity index (χ4v) is 2.16. The molecule has 0 N–H and O–H groups in total. The molecular weight excluding hydrogens is 292 g/mol. The first-order valence-corrected chi connectivity index (χ1v) is 6.47. The molecule has 0 saturated heterocycles. The number of benzene rings is 2. The molecule has 92 valence electrons. The predicted molar refractivity (Wildman–Crippen MR) is 75.0 cm³/mol. The van der Waals surface area contributed by atoms with Gasteiger partial charge in [0.1, 0.15) is 18.1 Å².